The second-order valence-corrected chi connectivity index (χ2v) is 5.45. The van der Waals surface area contributed by atoms with Crippen molar-refractivity contribution >= 4 is 39.1 Å². The quantitative estimate of drug-likeness (QED) is 0.898. The minimum Gasteiger partial charge on any atom is -0.318 e. The molecular formula is C13H12BrClFN3O. The first-order valence-electron chi connectivity index (χ1n) is 5.92. The van der Waals surface area contributed by atoms with Crippen LogP contribution in [0, 0.1) is 12.7 Å². The van der Waals surface area contributed by atoms with Crippen LogP contribution in [0.5, 0.6) is 0 Å². The number of amides is 1. The van der Waals surface area contributed by atoms with Crippen molar-refractivity contribution in [1.29, 1.82) is 0 Å². The molecule has 2 aromatic rings. The van der Waals surface area contributed by atoms with E-state index in [1.807, 2.05) is 13.8 Å². The first-order chi connectivity index (χ1) is 9.42. The van der Waals surface area contributed by atoms with Crippen LogP contribution in [0.15, 0.2) is 22.7 Å². The monoisotopic (exact) mass is 359 g/mol. The zero-order valence-electron chi connectivity index (χ0n) is 10.9. The number of nitrogens with zero attached hydrogens (tertiary/aromatic N) is 2. The second kappa shape index (κ2) is 5.93. The van der Waals surface area contributed by atoms with Crippen LogP contribution in [-0.4, -0.2) is 15.7 Å². The smallest absolute Gasteiger partial charge is 0.274 e. The fraction of sp³-hybridized carbons (Fsp3) is 0.231. The molecule has 0 spiro atoms. The van der Waals surface area contributed by atoms with E-state index < -0.39 is 5.82 Å². The van der Waals surface area contributed by atoms with Gasteiger partial charge in [-0.25, -0.2) is 4.39 Å². The average Bonchev–Trinajstić information content (AvgIpc) is 2.75. The molecular weight excluding hydrogens is 349 g/mol. The van der Waals surface area contributed by atoms with Crippen LogP contribution < -0.4 is 5.32 Å². The Hall–Kier alpha value is -1.40. The van der Waals surface area contributed by atoms with E-state index in [-0.39, 0.29) is 10.9 Å². The molecule has 106 valence electrons. The molecule has 1 N–H and O–H groups in total. The van der Waals surface area contributed by atoms with Crippen LogP contribution in [0.25, 0.3) is 0 Å². The summed E-state index contributed by atoms with van der Waals surface area (Å²) in [4.78, 5) is 12.3. The van der Waals surface area contributed by atoms with E-state index in [9.17, 15) is 9.18 Å². The number of hydrogen-bond acceptors (Lipinski definition) is 2. The molecule has 0 radical (unpaired) electrons. The molecule has 0 saturated carbocycles. The average molecular weight is 361 g/mol. The van der Waals surface area contributed by atoms with E-state index in [1.165, 1.54) is 6.07 Å². The van der Waals surface area contributed by atoms with Gasteiger partial charge in [-0.15, -0.1) is 0 Å². The van der Waals surface area contributed by atoms with Gasteiger partial charge >= 0.3 is 0 Å². The Morgan fingerprint density at radius 1 is 1.50 bits per heavy atom. The van der Waals surface area contributed by atoms with Gasteiger partial charge in [0, 0.05) is 11.0 Å². The Morgan fingerprint density at radius 2 is 2.20 bits per heavy atom. The number of carbonyl (C=O) groups excluding carboxylic acids is 1. The zero-order valence-corrected chi connectivity index (χ0v) is 13.2. The molecule has 0 aliphatic heterocycles. The van der Waals surface area contributed by atoms with Crippen molar-refractivity contribution in [2.24, 2.45) is 0 Å². The summed E-state index contributed by atoms with van der Waals surface area (Å²) < 4.78 is 15.1. The van der Waals surface area contributed by atoms with Gasteiger partial charge in [-0.2, -0.15) is 5.10 Å². The standard InChI is InChI=1S/C13H12BrClFN3O/c1-3-19-11(4-7(2)18-19)13(20)17-12-9(14)5-8(16)6-10(12)15/h4-6H,3H2,1-2H3,(H,17,20). The summed E-state index contributed by atoms with van der Waals surface area (Å²) in [5.74, 6) is -0.823. The molecule has 0 unspecified atom stereocenters. The summed E-state index contributed by atoms with van der Waals surface area (Å²) in [6.07, 6.45) is 0. The van der Waals surface area contributed by atoms with Gasteiger partial charge in [0.1, 0.15) is 11.5 Å². The number of hydrogen-bond donors (Lipinski definition) is 1. The largest absolute Gasteiger partial charge is 0.318 e. The maximum Gasteiger partial charge on any atom is 0.274 e. The molecule has 4 nitrogen and oxygen atoms in total. The molecule has 2 rings (SSSR count). The SMILES string of the molecule is CCn1nc(C)cc1C(=O)Nc1c(Cl)cc(F)cc1Br. The Kier molecular flexibility index (Phi) is 4.45. The lowest BCUT2D eigenvalue weighted by atomic mass is 10.3. The molecule has 0 atom stereocenters. The summed E-state index contributed by atoms with van der Waals surface area (Å²) in [6, 6.07) is 4.07. The van der Waals surface area contributed by atoms with Crippen molar-refractivity contribution in [3.05, 3.63) is 44.9 Å². The highest BCUT2D eigenvalue weighted by atomic mass is 79.9. The van der Waals surface area contributed by atoms with Crippen molar-refractivity contribution in [2.45, 2.75) is 20.4 Å². The van der Waals surface area contributed by atoms with Gasteiger partial charge in [-0.1, -0.05) is 11.6 Å². The first-order valence-corrected chi connectivity index (χ1v) is 7.09. The molecule has 1 aromatic carbocycles. The number of aryl methyl sites for hydroxylation is 2. The molecule has 0 saturated heterocycles. The lowest BCUT2D eigenvalue weighted by Crippen LogP contribution is -2.17. The van der Waals surface area contributed by atoms with Gasteiger partial charge in [0.25, 0.3) is 5.91 Å². The predicted octanol–water partition coefficient (Wildman–Crippen LogP) is 4.02. The van der Waals surface area contributed by atoms with E-state index in [1.54, 1.807) is 10.7 Å². The molecule has 1 heterocycles. The van der Waals surface area contributed by atoms with Crippen molar-refractivity contribution in [2.75, 3.05) is 5.32 Å². The topological polar surface area (TPSA) is 46.9 Å². The van der Waals surface area contributed by atoms with Crippen molar-refractivity contribution in [3.63, 3.8) is 0 Å². The minimum atomic E-state index is -0.477. The minimum absolute atomic E-state index is 0.129. The molecule has 20 heavy (non-hydrogen) atoms. The van der Waals surface area contributed by atoms with Gasteiger partial charge in [0.05, 0.1) is 16.4 Å². The van der Waals surface area contributed by atoms with Gasteiger partial charge in [-0.05, 0) is 48.0 Å². The van der Waals surface area contributed by atoms with Crippen LogP contribution in [0.2, 0.25) is 5.02 Å². The maximum atomic E-state index is 13.1. The molecule has 0 aliphatic carbocycles. The number of anilines is 1. The van der Waals surface area contributed by atoms with Crippen LogP contribution >= 0.6 is 27.5 Å². The molecule has 0 bridgehead atoms. The number of aromatic nitrogens is 2. The molecule has 0 aliphatic rings. The first kappa shape index (κ1) is 15.0. The van der Waals surface area contributed by atoms with Gasteiger partial charge in [-0.3, -0.25) is 9.48 Å². The molecule has 1 aromatic heterocycles. The van der Waals surface area contributed by atoms with Crippen LogP contribution in [0.1, 0.15) is 23.1 Å². The molecule has 1 amide bonds. The third kappa shape index (κ3) is 3.02. The Labute approximate surface area is 129 Å². The van der Waals surface area contributed by atoms with Crippen LogP contribution in [-0.2, 0) is 6.54 Å². The van der Waals surface area contributed by atoms with Crippen molar-refractivity contribution in [3.8, 4) is 0 Å². The Bertz CT molecular complexity index is 649. The van der Waals surface area contributed by atoms with Gasteiger partial charge < -0.3 is 5.32 Å². The lowest BCUT2D eigenvalue weighted by molar-refractivity contribution is 0.101. The lowest BCUT2D eigenvalue weighted by Gasteiger charge is -2.10. The van der Waals surface area contributed by atoms with Crippen LogP contribution in [0.4, 0.5) is 10.1 Å². The molecule has 0 fully saturated rings. The number of rotatable bonds is 3. The summed E-state index contributed by atoms with van der Waals surface area (Å²) >= 11 is 9.12. The van der Waals surface area contributed by atoms with Gasteiger partial charge in [0.2, 0.25) is 0 Å². The summed E-state index contributed by atoms with van der Waals surface area (Å²) in [6.45, 7) is 4.28. The zero-order chi connectivity index (χ0) is 14.9. The highest BCUT2D eigenvalue weighted by Crippen LogP contribution is 2.32. The number of carbonyl (C=O) groups is 1. The Morgan fingerprint density at radius 3 is 2.80 bits per heavy atom. The fourth-order valence-electron chi connectivity index (χ4n) is 1.81. The summed E-state index contributed by atoms with van der Waals surface area (Å²) in [5.41, 5.74) is 1.51. The van der Waals surface area contributed by atoms with E-state index >= 15 is 0 Å². The number of benzene rings is 1. The summed E-state index contributed by atoms with van der Waals surface area (Å²) in [7, 11) is 0. The predicted molar refractivity (Wildman–Crippen MR) is 79.7 cm³/mol. The third-order valence-corrected chi connectivity index (χ3v) is 3.60. The molecule has 7 heteroatoms. The Balaban J connectivity index is 2.32. The number of halogens is 3. The van der Waals surface area contributed by atoms with E-state index in [0.29, 0.717) is 22.4 Å². The van der Waals surface area contributed by atoms with E-state index in [0.717, 1.165) is 11.8 Å². The third-order valence-electron chi connectivity index (χ3n) is 2.68. The number of nitrogens with one attached hydrogen (secondary N) is 1. The van der Waals surface area contributed by atoms with Crippen molar-refractivity contribution < 1.29 is 9.18 Å². The fourth-order valence-corrected chi connectivity index (χ4v) is 2.71. The highest BCUT2D eigenvalue weighted by molar-refractivity contribution is 9.10. The highest BCUT2D eigenvalue weighted by Gasteiger charge is 2.16. The van der Waals surface area contributed by atoms with Crippen LogP contribution in [0.3, 0.4) is 0 Å². The van der Waals surface area contributed by atoms with E-state index in [4.69, 9.17) is 11.6 Å². The maximum absolute atomic E-state index is 13.1. The van der Waals surface area contributed by atoms with Crippen molar-refractivity contribution in [1.82, 2.24) is 9.78 Å². The second-order valence-electron chi connectivity index (χ2n) is 4.19. The normalized spacial score (nSPS) is 10.7. The summed E-state index contributed by atoms with van der Waals surface area (Å²) in [5, 5.41) is 7.00. The van der Waals surface area contributed by atoms with E-state index in [2.05, 4.69) is 26.3 Å². The van der Waals surface area contributed by atoms with Gasteiger partial charge in [0.15, 0.2) is 0 Å².